The first-order valence-corrected chi connectivity index (χ1v) is 5.00. The number of hydrogen-bond acceptors (Lipinski definition) is 2. The average molecular weight is 237 g/mol. The van der Waals surface area contributed by atoms with Crippen LogP contribution in [0.1, 0.15) is 29.2 Å². The van der Waals surface area contributed by atoms with Gasteiger partial charge >= 0.3 is 0 Å². The van der Waals surface area contributed by atoms with Crippen LogP contribution in [0.25, 0.3) is 0 Å². The van der Waals surface area contributed by atoms with Gasteiger partial charge in [-0.15, -0.1) is 0 Å². The third-order valence-corrected chi connectivity index (χ3v) is 3.18. The highest BCUT2D eigenvalue weighted by atomic mass is 79.9. The Morgan fingerprint density at radius 3 is 3.00 bits per heavy atom. The van der Waals surface area contributed by atoms with Crippen LogP contribution in [0, 0.1) is 11.3 Å². The number of nitriles is 1. The van der Waals surface area contributed by atoms with Crippen LogP contribution in [-0.2, 0) is 6.42 Å². The molecule has 0 unspecified atom stereocenters. The Kier molecular flexibility index (Phi) is 2.10. The fraction of sp³-hybridized carbons (Fsp3) is 0.300. The van der Waals surface area contributed by atoms with Crippen LogP contribution in [0.3, 0.4) is 0 Å². The van der Waals surface area contributed by atoms with E-state index in [1.165, 1.54) is 0 Å². The molecule has 0 saturated carbocycles. The molecule has 1 atom stereocenters. The standard InChI is InChI=1S/C10H9BrN2/c11-9-3-1-7-6(8(9)5-12)2-4-10(7)13/h1,3,10H,2,4,13H2/t10-/m0/s1. The van der Waals surface area contributed by atoms with Crippen LogP contribution in [0.2, 0.25) is 0 Å². The summed E-state index contributed by atoms with van der Waals surface area (Å²) < 4.78 is 0.878. The summed E-state index contributed by atoms with van der Waals surface area (Å²) >= 11 is 3.37. The van der Waals surface area contributed by atoms with Crippen molar-refractivity contribution in [3.63, 3.8) is 0 Å². The number of halogens is 1. The largest absolute Gasteiger partial charge is 0.324 e. The first-order valence-electron chi connectivity index (χ1n) is 4.21. The van der Waals surface area contributed by atoms with Gasteiger partial charge in [0.25, 0.3) is 0 Å². The topological polar surface area (TPSA) is 49.8 Å². The summed E-state index contributed by atoms with van der Waals surface area (Å²) in [6.07, 6.45) is 1.89. The molecule has 0 fully saturated rings. The van der Waals surface area contributed by atoms with Gasteiger partial charge < -0.3 is 5.73 Å². The van der Waals surface area contributed by atoms with Crippen molar-refractivity contribution in [2.24, 2.45) is 5.73 Å². The van der Waals surface area contributed by atoms with E-state index in [2.05, 4.69) is 22.0 Å². The first kappa shape index (κ1) is 8.74. The second-order valence-corrected chi connectivity index (χ2v) is 4.10. The summed E-state index contributed by atoms with van der Waals surface area (Å²) in [5, 5.41) is 8.95. The van der Waals surface area contributed by atoms with Crippen molar-refractivity contribution in [1.29, 1.82) is 5.26 Å². The second-order valence-electron chi connectivity index (χ2n) is 3.25. The summed E-state index contributed by atoms with van der Waals surface area (Å²) in [6, 6.07) is 6.25. The Hall–Kier alpha value is -0.850. The van der Waals surface area contributed by atoms with E-state index in [4.69, 9.17) is 11.0 Å². The van der Waals surface area contributed by atoms with E-state index >= 15 is 0 Å². The van der Waals surface area contributed by atoms with Crippen molar-refractivity contribution in [1.82, 2.24) is 0 Å². The van der Waals surface area contributed by atoms with Gasteiger partial charge in [0.2, 0.25) is 0 Å². The molecule has 0 bridgehead atoms. The Balaban J connectivity index is 2.66. The number of benzene rings is 1. The Morgan fingerprint density at radius 2 is 2.31 bits per heavy atom. The molecular formula is C10H9BrN2. The van der Waals surface area contributed by atoms with E-state index in [1.807, 2.05) is 12.1 Å². The van der Waals surface area contributed by atoms with Crippen molar-refractivity contribution < 1.29 is 0 Å². The van der Waals surface area contributed by atoms with E-state index in [1.54, 1.807) is 0 Å². The highest BCUT2D eigenvalue weighted by Crippen LogP contribution is 2.34. The molecule has 1 aromatic carbocycles. The summed E-state index contributed by atoms with van der Waals surface area (Å²) in [5.74, 6) is 0. The van der Waals surface area contributed by atoms with Crippen LogP contribution in [-0.4, -0.2) is 0 Å². The van der Waals surface area contributed by atoms with Crippen molar-refractivity contribution in [3.05, 3.63) is 33.3 Å². The van der Waals surface area contributed by atoms with Crippen LogP contribution in [0.15, 0.2) is 16.6 Å². The van der Waals surface area contributed by atoms with Gasteiger partial charge in [-0.2, -0.15) is 5.26 Å². The van der Waals surface area contributed by atoms with Gasteiger partial charge in [-0.05, 0) is 46.0 Å². The highest BCUT2D eigenvalue weighted by molar-refractivity contribution is 9.10. The molecule has 0 radical (unpaired) electrons. The summed E-state index contributed by atoms with van der Waals surface area (Å²) in [5.41, 5.74) is 8.92. The molecule has 0 aromatic heterocycles. The van der Waals surface area contributed by atoms with E-state index < -0.39 is 0 Å². The van der Waals surface area contributed by atoms with Crippen molar-refractivity contribution >= 4 is 15.9 Å². The van der Waals surface area contributed by atoms with E-state index in [0.29, 0.717) is 0 Å². The fourth-order valence-electron chi connectivity index (χ4n) is 1.83. The molecule has 0 heterocycles. The summed E-state index contributed by atoms with van der Waals surface area (Å²) in [4.78, 5) is 0. The van der Waals surface area contributed by atoms with Crippen LogP contribution in [0.4, 0.5) is 0 Å². The Morgan fingerprint density at radius 1 is 1.54 bits per heavy atom. The SMILES string of the molecule is N#Cc1c(Br)ccc2c1CC[C@@H]2N. The minimum absolute atomic E-state index is 0.121. The van der Waals surface area contributed by atoms with Crippen molar-refractivity contribution in [3.8, 4) is 6.07 Å². The molecule has 0 spiro atoms. The van der Waals surface area contributed by atoms with E-state index in [9.17, 15) is 0 Å². The van der Waals surface area contributed by atoms with Gasteiger partial charge in [0, 0.05) is 10.5 Å². The fourth-order valence-corrected chi connectivity index (χ4v) is 2.29. The minimum Gasteiger partial charge on any atom is -0.324 e. The van der Waals surface area contributed by atoms with E-state index in [-0.39, 0.29) is 6.04 Å². The Bertz CT molecular complexity index is 393. The molecular weight excluding hydrogens is 228 g/mol. The lowest BCUT2D eigenvalue weighted by Crippen LogP contribution is -2.05. The second kappa shape index (κ2) is 3.13. The molecule has 3 heteroatoms. The zero-order valence-corrected chi connectivity index (χ0v) is 8.63. The minimum atomic E-state index is 0.121. The van der Waals surface area contributed by atoms with Gasteiger partial charge in [0.15, 0.2) is 0 Å². The molecule has 1 aromatic rings. The molecule has 1 aliphatic carbocycles. The molecule has 0 aliphatic heterocycles. The molecule has 0 saturated heterocycles. The maximum Gasteiger partial charge on any atom is 0.101 e. The molecule has 13 heavy (non-hydrogen) atoms. The van der Waals surface area contributed by atoms with Crippen LogP contribution < -0.4 is 5.73 Å². The van der Waals surface area contributed by atoms with Crippen LogP contribution >= 0.6 is 15.9 Å². The number of rotatable bonds is 0. The monoisotopic (exact) mass is 236 g/mol. The van der Waals surface area contributed by atoms with Crippen LogP contribution in [0.5, 0.6) is 0 Å². The molecule has 2 nitrogen and oxygen atoms in total. The van der Waals surface area contributed by atoms with Gasteiger partial charge in [-0.3, -0.25) is 0 Å². The van der Waals surface area contributed by atoms with Gasteiger partial charge in [-0.1, -0.05) is 6.07 Å². The molecule has 2 rings (SSSR count). The summed E-state index contributed by atoms with van der Waals surface area (Å²) in [6.45, 7) is 0. The third kappa shape index (κ3) is 1.27. The lowest BCUT2D eigenvalue weighted by molar-refractivity contribution is 0.713. The Labute approximate surface area is 85.5 Å². The average Bonchev–Trinajstić information content (AvgIpc) is 2.48. The zero-order chi connectivity index (χ0) is 9.42. The molecule has 2 N–H and O–H groups in total. The van der Waals surface area contributed by atoms with E-state index in [0.717, 1.165) is 34.0 Å². The molecule has 66 valence electrons. The third-order valence-electron chi connectivity index (χ3n) is 2.51. The number of hydrogen-bond donors (Lipinski definition) is 1. The first-order chi connectivity index (χ1) is 6.24. The predicted octanol–water partition coefficient (Wildman–Crippen LogP) is 2.27. The quantitative estimate of drug-likeness (QED) is 0.752. The maximum absolute atomic E-state index is 8.95. The van der Waals surface area contributed by atoms with Gasteiger partial charge in [-0.25, -0.2) is 0 Å². The zero-order valence-electron chi connectivity index (χ0n) is 7.05. The highest BCUT2D eigenvalue weighted by Gasteiger charge is 2.22. The normalized spacial score (nSPS) is 19.6. The summed E-state index contributed by atoms with van der Waals surface area (Å²) in [7, 11) is 0. The van der Waals surface area contributed by atoms with Gasteiger partial charge in [0.1, 0.15) is 6.07 Å². The smallest absolute Gasteiger partial charge is 0.101 e. The lowest BCUT2D eigenvalue weighted by atomic mass is 10.0. The van der Waals surface area contributed by atoms with Crippen molar-refractivity contribution in [2.45, 2.75) is 18.9 Å². The predicted molar refractivity (Wildman–Crippen MR) is 54.1 cm³/mol. The number of fused-ring (bicyclic) bond motifs is 1. The van der Waals surface area contributed by atoms with Gasteiger partial charge in [0.05, 0.1) is 5.56 Å². The maximum atomic E-state index is 8.95. The molecule has 1 aliphatic rings. The number of nitrogens with zero attached hydrogens (tertiary/aromatic N) is 1. The van der Waals surface area contributed by atoms with Crippen molar-refractivity contribution in [2.75, 3.05) is 0 Å². The molecule has 0 amide bonds. The number of nitrogens with two attached hydrogens (primary N) is 1. The lowest BCUT2D eigenvalue weighted by Gasteiger charge is -2.06.